The lowest BCUT2D eigenvalue weighted by Crippen LogP contribution is -2.30. The molecule has 0 aliphatic carbocycles. The molecule has 0 aromatic rings. The van der Waals surface area contributed by atoms with Crippen molar-refractivity contribution >= 4 is 39.5 Å². The fourth-order valence-electron chi connectivity index (χ4n) is 11.9. The maximum Gasteiger partial charge on any atom is 0.472 e. The monoisotopic (exact) mass is 1460 g/mol. The molecule has 0 bridgehead atoms. The van der Waals surface area contributed by atoms with Gasteiger partial charge in [0.15, 0.2) is 12.2 Å². The van der Waals surface area contributed by atoms with Crippen LogP contribution in [0, 0.1) is 17.8 Å². The number of carbonyl (C=O) groups is 4. The summed E-state index contributed by atoms with van der Waals surface area (Å²) >= 11 is 0. The third-order valence-corrected chi connectivity index (χ3v) is 20.9. The number of unbranched alkanes of at least 4 members (excludes halogenated alkanes) is 40. The fourth-order valence-corrected chi connectivity index (χ4v) is 13.5. The Bertz CT molecular complexity index is 2040. The largest absolute Gasteiger partial charge is 0.472 e. The van der Waals surface area contributed by atoms with E-state index in [2.05, 4.69) is 72.8 Å². The van der Waals surface area contributed by atoms with Gasteiger partial charge < -0.3 is 33.8 Å². The topological polar surface area (TPSA) is 237 Å². The Labute approximate surface area is 612 Å². The van der Waals surface area contributed by atoms with E-state index in [1.54, 1.807) is 0 Å². The van der Waals surface area contributed by atoms with Crippen LogP contribution in [0.25, 0.3) is 0 Å². The molecule has 3 N–H and O–H groups in total. The third kappa shape index (κ3) is 71.2. The summed E-state index contributed by atoms with van der Waals surface area (Å²) < 4.78 is 68.7. The first-order valence-corrected chi connectivity index (χ1v) is 44.2. The smallest absolute Gasteiger partial charge is 0.462 e. The number of aliphatic hydroxyl groups excluding tert-OH is 1. The molecule has 4 unspecified atom stereocenters. The Hall–Kier alpha value is -2.46. The van der Waals surface area contributed by atoms with E-state index in [9.17, 15) is 43.2 Å². The van der Waals surface area contributed by atoms with E-state index in [0.29, 0.717) is 25.7 Å². The van der Waals surface area contributed by atoms with Crippen molar-refractivity contribution in [1.82, 2.24) is 0 Å². The molecule has 0 aliphatic heterocycles. The van der Waals surface area contributed by atoms with E-state index in [1.165, 1.54) is 186 Å². The van der Waals surface area contributed by atoms with Gasteiger partial charge in [0.05, 0.1) is 26.4 Å². The van der Waals surface area contributed by atoms with Gasteiger partial charge in [-0.3, -0.25) is 37.3 Å². The van der Waals surface area contributed by atoms with Crippen molar-refractivity contribution in [1.29, 1.82) is 0 Å². The van der Waals surface area contributed by atoms with Gasteiger partial charge in [0.1, 0.15) is 19.3 Å². The molecule has 0 fully saturated rings. The molecule has 7 atom stereocenters. The quantitative estimate of drug-likeness (QED) is 0.0169. The highest BCUT2D eigenvalue weighted by Crippen LogP contribution is 2.45. The van der Waals surface area contributed by atoms with Gasteiger partial charge >= 0.3 is 39.5 Å². The number of phosphoric ester groups is 2. The van der Waals surface area contributed by atoms with Crippen molar-refractivity contribution < 1.29 is 80.2 Å². The molecule has 17 nitrogen and oxygen atoms in total. The molecule has 0 saturated carbocycles. The van der Waals surface area contributed by atoms with Gasteiger partial charge in [-0.15, -0.1) is 0 Å². The Morgan fingerprint density at radius 2 is 0.590 bits per heavy atom. The zero-order valence-electron chi connectivity index (χ0n) is 65.2. The summed E-state index contributed by atoms with van der Waals surface area (Å²) in [5.41, 5.74) is 0. The second-order valence-electron chi connectivity index (χ2n) is 29.4. The molecule has 0 amide bonds. The van der Waals surface area contributed by atoms with Crippen molar-refractivity contribution in [3.63, 3.8) is 0 Å². The van der Waals surface area contributed by atoms with Crippen LogP contribution in [0.2, 0.25) is 0 Å². The van der Waals surface area contributed by atoms with Crippen LogP contribution in [0.15, 0.2) is 24.3 Å². The summed E-state index contributed by atoms with van der Waals surface area (Å²) in [5, 5.41) is 10.6. The van der Waals surface area contributed by atoms with Gasteiger partial charge in [0, 0.05) is 25.7 Å². The van der Waals surface area contributed by atoms with E-state index in [4.69, 9.17) is 37.0 Å². The summed E-state index contributed by atoms with van der Waals surface area (Å²) in [6.07, 6.45) is 61.6. The van der Waals surface area contributed by atoms with Crippen LogP contribution in [0.5, 0.6) is 0 Å². The third-order valence-electron chi connectivity index (χ3n) is 19.0. The molecule has 0 spiro atoms. The average molecular weight is 1460 g/mol. The molecule has 0 heterocycles. The molecule has 0 aromatic heterocycles. The van der Waals surface area contributed by atoms with E-state index in [1.807, 2.05) is 0 Å². The molecule has 19 heteroatoms. The van der Waals surface area contributed by atoms with Crippen LogP contribution >= 0.6 is 15.6 Å². The first-order chi connectivity index (χ1) is 48.3. The highest BCUT2D eigenvalue weighted by atomic mass is 31.2. The summed E-state index contributed by atoms with van der Waals surface area (Å²) in [7, 11) is -9.93. The normalized spacial score (nSPS) is 14.7. The van der Waals surface area contributed by atoms with E-state index in [-0.39, 0.29) is 25.7 Å². The first kappa shape index (κ1) is 97.5. The minimum Gasteiger partial charge on any atom is -0.462 e. The minimum absolute atomic E-state index is 0.101. The van der Waals surface area contributed by atoms with E-state index in [0.717, 1.165) is 127 Å². The number of allylic oxidation sites excluding steroid dienone is 4. The Morgan fingerprint density at radius 3 is 0.890 bits per heavy atom. The van der Waals surface area contributed by atoms with Crippen molar-refractivity contribution in [3.8, 4) is 0 Å². The van der Waals surface area contributed by atoms with Gasteiger partial charge in [0.25, 0.3) is 0 Å². The highest BCUT2D eigenvalue weighted by Gasteiger charge is 2.30. The number of esters is 4. The SMILES string of the molecule is CCCCCC/C=C\C=C/CCCCCCCC(=O)OC[C@H](COP(=O)(O)OC[C@@H](O)COP(=O)(O)OC[C@@H](COC(=O)CCCCCCCCCCCCC(C)C)OC(=O)CCCCCCCCCCCCC(C)CC)OC(=O)CCCCCCCCCCCCCCCCC(C)CC. The van der Waals surface area contributed by atoms with Crippen molar-refractivity contribution in [2.24, 2.45) is 17.8 Å². The van der Waals surface area contributed by atoms with Crippen LogP contribution in [-0.4, -0.2) is 96.7 Å². The Balaban J connectivity index is 5.31. The second-order valence-corrected chi connectivity index (χ2v) is 32.3. The van der Waals surface area contributed by atoms with Gasteiger partial charge in [-0.2, -0.15) is 0 Å². The van der Waals surface area contributed by atoms with Crippen molar-refractivity contribution in [2.45, 2.75) is 414 Å². The van der Waals surface area contributed by atoms with Crippen LogP contribution < -0.4 is 0 Å². The number of phosphoric acid groups is 2. The Morgan fingerprint density at radius 1 is 0.330 bits per heavy atom. The van der Waals surface area contributed by atoms with Gasteiger partial charge in [0.2, 0.25) is 0 Å². The predicted octanol–water partition coefficient (Wildman–Crippen LogP) is 23.7. The maximum atomic E-state index is 13.1. The summed E-state index contributed by atoms with van der Waals surface area (Å²) in [6.45, 7) is 11.9. The average Bonchev–Trinajstić information content (AvgIpc) is 0.961. The summed E-state index contributed by atoms with van der Waals surface area (Å²) in [4.78, 5) is 73.0. The molecule has 0 saturated heterocycles. The maximum absolute atomic E-state index is 13.1. The van der Waals surface area contributed by atoms with Crippen LogP contribution in [0.3, 0.4) is 0 Å². The standard InChI is InChI=1S/C81H154O17P2/c1-8-11-12-13-14-15-16-17-18-22-25-34-41-48-55-62-78(83)91-68-76(97-80(85)64-57-50-43-36-26-23-20-19-21-24-32-39-46-53-60-73(6)9-2)70-95-99(87,88)93-66-75(82)67-94-100(89,90)96-71-77(69-92-79(84)63-56-49-42-35-29-27-31-38-45-52-59-72(4)5)98-81(86)65-58-51-44-37-30-28-33-40-47-54-61-74(7)10-3/h15-18,72-77,82H,8-14,19-71H2,1-7H3,(H,87,88)(H,89,90)/b16-15-,18-17-/t73?,74?,75-,76-,77-/m1/s1. The molecule has 590 valence electrons. The number of rotatable bonds is 77. The number of carbonyl (C=O) groups excluding carboxylic acids is 4. The first-order valence-electron chi connectivity index (χ1n) is 41.2. The number of hydrogen-bond donors (Lipinski definition) is 3. The van der Waals surface area contributed by atoms with Crippen LogP contribution in [-0.2, 0) is 65.4 Å². The molecular weight excluding hydrogens is 1310 g/mol. The lowest BCUT2D eigenvalue weighted by molar-refractivity contribution is -0.161. The van der Waals surface area contributed by atoms with Gasteiger partial charge in [-0.05, 0) is 69.1 Å². The second kappa shape index (κ2) is 70.8. The highest BCUT2D eigenvalue weighted by molar-refractivity contribution is 7.47. The predicted molar refractivity (Wildman–Crippen MR) is 409 cm³/mol. The lowest BCUT2D eigenvalue weighted by atomic mass is 9.99. The minimum atomic E-state index is -4.97. The van der Waals surface area contributed by atoms with Crippen molar-refractivity contribution in [2.75, 3.05) is 39.6 Å². The zero-order chi connectivity index (χ0) is 73.7. The fraction of sp³-hybridized carbons (Fsp3) is 0.901. The van der Waals surface area contributed by atoms with Gasteiger partial charge in [-0.25, -0.2) is 9.13 Å². The summed E-state index contributed by atoms with van der Waals surface area (Å²) in [5.74, 6) is 0.261. The molecular formula is C81H154O17P2. The molecule has 100 heavy (non-hydrogen) atoms. The van der Waals surface area contributed by atoms with Crippen molar-refractivity contribution in [3.05, 3.63) is 24.3 Å². The van der Waals surface area contributed by atoms with Crippen LogP contribution in [0.4, 0.5) is 0 Å². The Kier molecular flexibility index (Phi) is 69.1. The van der Waals surface area contributed by atoms with Gasteiger partial charge in [-0.1, -0.05) is 342 Å². The summed E-state index contributed by atoms with van der Waals surface area (Å²) in [6, 6.07) is 0. The molecule has 0 aromatic carbocycles. The van der Waals surface area contributed by atoms with Crippen LogP contribution in [0.1, 0.15) is 395 Å². The van der Waals surface area contributed by atoms with E-state index >= 15 is 0 Å². The molecule has 0 rings (SSSR count). The zero-order valence-corrected chi connectivity index (χ0v) is 66.9. The van der Waals surface area contributed by atoms with E-state index < -0.39 is 97.5 Å². The molecule has 0 radical (unpaired) electrons. The lowest BCUT2D eigenvalue weighted by Gasteiger charge is -2.21. The molecule has 0 aliphatic rings. The number of aliphatic hydroxyl groups is 1. The number of ether oxygens (including phenoxy) is 4. The number of hydrogen-bond acceptors (Lipinski definition) is 15.